The molecule has 0 atom stereocenters. The molecule has 1 aromatic rings. The summed E-state index contributed by atoms with van der Waals surface area (Å²) in [6.45, 7) is 2.72. The number of hydrogen-bond donors (Lipinski definition) is 0. The molecule has 0 N–H and O–H groups in total. The molecule has 0 aliphatic carbocycles. The molecule has 2 nitrogen and oxygen atoms in total. The Morgan fingerprint density at radius 2 is 1.70 bits per heavy atom. The van der Waals surface area contributed by atoms with Crippen molar-refractivity contribution in [1.29, 1.82) is 0 Å². The van der Waals surface area contributed by atoms with Crippen LogP contribution >= 0.6 is 0 Å². The van der Waals surface area contributed by atoms with Crippen LogP contribution in [-0.4, -0.2) is 12.6 Å². The lowest BCUT2D eigenvalue weighted by atomic mass is 10.0. The molecule has 0 saturated heterocycles. The molecule has 0 bridgehead atoms. The fourth-order valence-corrected chi connectivity index (χ4v) is 2.45. The van der Waals surface area contributed by atoms with Crippen LogP contribution in [0.15, 0.2) is 35.9 Å². The minimum atomic E-state index is -0.106. The minimum Gasteiger partial charge on any atom is -0.461 e. The van der Waals surface area contributed by atoms with Gasteiger partial charge in [-0.1, -0.05) is 50.1 Å². The summed E-state index contributed by atoms with van der Waals surface area (Å²) in [5.41, 5.74) is 4.05. The summed E-state index contributed by atoms with van der Waals surface area (Å²) in [7, 11) is 0. The van der Waals surface area contributed by atoms with Gasteiger partial charge in [0.25, 0.3) is 0 Å². The lowest BCUT2D eigenvalue weighted by molar-refractivity contribution is -0.142. The summed E-state index contributed by atoms with van der Waals surface area (Å²) >= 11 is 0. The number of benzene rings is 1. The van der Waals surface area contributed by atoms with Gasteiger partial charge in [-0.25, -0.2) is 0 Å². The van der Waals surface area contributed by atoms with E-state index in [-0.39, 0.29) is 5.97 Å². The zero-order chi connectivity index (χ0) is 14.2. The van der Waals surface area contributed by atoms with Gasteiger partial charge in [0, 0.05) is 0 Å². The standard InChI is InChI=1S/C18H24O2/c1-2-3-4-5-15-6-8-16(9-7-15)10-11-17-12-13-18(19)20-14-17/h6-9,12H,2-5,10-11,13-14H2,1H3. The van der Waals surface area contributed by atoms with Gasteiger partial charge in [-0.15, -0.1) is 0 Å². The maximum Gasteiger partial charge on any atom is 0.309 e. The van der Waals surface area contributed by atoms with Gasteiger partial charge in [0.1, 0.15) is 6.61 Å². The summed E-state index contributed by atoms with van der Waals surface area (Å²) < 4.78 is 5.05. The van der Waals surface area contributed by atoms with Crippen molar-refractivity contribution in [2.24, 2.45) is 0 Å². The predicted octanol–water partition coefficient (Wildman–Crippen LogP) is 4.23. The minimum absolute atomic E-state index is 0.106. The van der Waals surface area contributed by atoms with Crippen molar-refractivity contribution in [1.82, 2.24) is 0 Å². The fourth-order valence-electron chi connectivity index (χ4n) is 2.45. The summed E-state index contributed by atoms with van der Waals surface area (Å²) in [5, 5.41) is 0. The van der Waals surface area contributed by atoms with Crippen molar-refractivity contribution in [3.05, 3.63) is 47.0 Å². The summed E-state index contributed by atoms with van der Waals surface area (Å²) in [4.78, 5) is 11.0. The molecule has 0 radical (unpaired) electrons. The normalized spacial score (nSPS) is 14.8. The van der Waals surface area contributed by atoms with Crippen molar-refractivity contribution in [2.45, 2.75) is 51.9 Å². The molecule has 1 aromatic carbocycles. The molecule has 1 heterocycles. The lowest BCUT2D eigenvalue weighted by Gasteiger charge is -2.13. The maximum absolute atomic E-state index is 11.0. The average molecular weight is 272 g/mol. The first-order chi connectivity index (χ1) is 9.78. The number of aryl methyl sites for hydroxylation is 2. The van der Waals surface area contributed by atoms with Crippen molar-refractivity contribution in [3.8, 4) is 0 Å². The van der Waals surface area contributed by atoms with Crippen LogP contribution in [0.1, 0.15) is 50.2 Å². The molecule has 2 rings (SSSR count). The molecule has 20 heavy (non-hydrogen) atoms. The Balaban J connectivity index is 1.77. The molecule has 1 aliphatic rings. The second-order valence-electron chi connectivity index (χ2n) is 5.50. The van der Waals surface area contributed by atoms with Crippen LogP contribution in [0.5, 0.6) is 0 Å². The van der Waals surface area contributed by atoms with E-state index in [2.05, 4.69) is 31.2 Å². The first-order valence-electron chi connectivity index (χ1n) is 7.69. The van der Waals surface area contributed by atoms with Crippen molar-refractivity contribution >= 4 is 5.97 Å². The SMILES string of the molecule is CCCCCc1ccc(CCC2=CCC(=O)OC2)cc1. The third kappa shape index (κ3) is 4.84. The zero-order valence-electron chi connectivity index (χ0n) is 12.4. The summed E-state index contributed by atoms with van der Waals surface area (Å²) in [6, 6.07) is 8.97. The van der Waals surface area contributed by atoms with Crippen LogP contribution in [0, 0.1) is 0 Å². The van der Waals surface area contributed by atoms with E-state index in [1.165, 1.54) is 42.4 Å². The van der Waals surface area contributed by atoms with Crippen LogP contribution in [0.3, 0.4) is 0 Å². The van der Waals surface area contributed by atoms with Crippen molar-refractivity contribution in [3.63, 3.8) is 0 Å². The van der Waals surface area contributed by atoms with Crippen LogP contribution in [-0.2, 0) is 22.4 Å². The van der Waals surface area contributed by atoms with Gasteiger partial charge >= 0.3 is 5.97 Å². The van der Waals surface area contributed by atoms with E-state index in [4.69, 9.17) is 4.74 Å². The van der Waals surface area contributed by atoms with Gasteiger partial charge in [0.2, 0.25) is 0 Å². The number of rotatable bonds is 7. The maximum atomic E-state index is 11.0. The van der Waals surface area contributed by atoms with Crippen LogP contribution < -0.4 is 0 Å². The number of cyclic esters (lactones) is 1. The Morgan fingerprint density at radius 3 is 2.30 bits per heavy atom. The lowest BCUT2D eigenvalue weighted by Crippen LogP contribution is -2.12. The number of carbonyl (C=O) groups is 1. The number of hydrogen-bond acceptors (Lipinski definition) is 2. The van der Waals surface area contributed by atoms with E-state index in [1.54, 1.807) is 0 Å². The quantitative estimate of drug-likeness (QED) is 0.422. The highest BCUT2D eigenvalue weighted by Gasteiger charge is 2.10. The monoisotopic (exact) mass is 272 g/mol. The van der Waals surface area contributed by atoms with E-state index < -0.39 is 0 Å². The molecule has 108 valence electrons. The van der Waals surface area contributed by atoms with Gasteiger partial charge in [0.05, 0.1) is 6.42 Å². The van der Waals surface area contributed by atoms with E-state index in [1.807, 2.05) is 6.08 Å². The highest BCUT2D eigenvalue weighted by atomic mass is 16.5. The molecule has 0 spiro atoms. The summed E-state index contributed by atoms with van der Waals surface area (Å²) in [5.74, 6) is -0.106. The third-order valence-corrected chi connectivity index (χ3v) is 3.80. The van der Waals surface area contributed by atoms with E-state index in [0.29, 0.717) is 13.0 Å². The number of unbranched alkanes of at least 4 members (excludes halogenated alkanes) is 2. The Hall–Kier alpha value is -1.57. The van der Waals surface area contributed by atoms with E-state index >= 15 is 0 Å². The van der Waals surface area contributed by atoms with E-state index in [0.717, 1.165) is 12.8 Å². The third-order valence-electron chi connectivity index (χ3n) is 3.80. The van der Waals surface area contributed by atoms with Gasteiger partial charge in [-0.2, -0.15) is 0 Å². The second kappa shape index (κ2) is 7.88. The molecule has 0 unspecified atom stereocenters. The molecule has 0 fully saturated rings. The number of esters is 1. The smallest absolute Gasteiger partial charge is 0.309 e. The molecule has 0 aromatic heterocycles. The Morgan fingerprint density at radius 1 is 1.00 bits per heavy atom. The van der Waals surface area contributed by atoms with Gasteiger partial charge in [-0.3, -0.25) is 4.79 Å². The van der Waals surface area contributed by atoms with Gasteiger partial charge < -0.3 is 4.74 Å². The number of carbonyl (C=O) groups excluding carboxylic acids is 1. The molecule has 1 aliphatic heterocycles. The fraction of sp³-hybridized carbons (Fsp3) is 0.500. The average Bonchev–Trinajstić information content (AvgIpc) is 2.48. The number of ether oxygens (including phenoxy) is 1. The topological polar surface area (TPSA) is 26.3 Å². The molecule has 0 amide bonds. The highest BCUT2D eigenvalue weighted by molar-refractivity contribution is 5.72. The molecule has 2 heteroatoms. The predicted molar refractivity (Wildman–Crippen MR) is 81.7 cm³/mol. The van der Waals surface area contributed by atoms with Crippen LogP contribution in [0.25, 0.3) is 0 Å². The molecular weight excluding hydrogens is 248 g/mol. The van der Waals surface area contributed by atoms with Crippen LogP contribution in [0.2, 0.25) is 0 Å². The van der Waals surface area contributed by atoms with E-state index in [9.17, 15) is 4.79 Å². The highest BCUT2D eigenvalue weighted by Crippen LogP contribution is 2.15. The first-order valence-corrected chi connectivity index (χ1v) is 7.69. The van der Waals surface area contributed by atoms with Gasteiger partial charge in [-0.05, 0) is 42.4 Å². The second-order valence-corrected chi connectivity index (χ2v) is 5.50. The van der Waals surface area contributed by atoms with Crippen LogP contribution in [0.4, 0.5) is 0 Å². The molecular formula is C18H24O2. The Kier molecular flexibility index (Phi) is 5.85. The summed E-state index contributed by atoms with van der Waals surface area (Å²) in [6.07, 6.45) is 9.54. The van der Waals surface area contributed by atoms with Crippen molar-refractivity contribution in [2.75, 3.05) is 6.61 Å². The van der Waals surface area contributed by atoms with Gasteiger partial charge in [0.15, 0.2) is 0 Å². The first kappa shape index (κ1) is 14.8. The Bertz CT molecular complexity index is 457. The zero-order valence-corrected chi connectivity index (χ0v) is 12.4. The van der Waals surface area contributed by atoms with Crippen molar-refractivity contribution < 1.29 is 9.53 Å². The largest absolute Gasteiger partial charge is 0.461 e. The molecule has 0 saturated carbocycles. The Labute approximate surface area is 121 Å².